The SMILES string of the molecule is C=C1CC[C@@H](O)CC1=CC=C1C[C@@H](O)C[C@@]2(C)[C@H]1CC[C@@]2(O)C(=O)CO. The lowest BCUT2D eigenvalue weighted by molar-refractivity contribution is -0.158. The predicted octanol–water partition coefficient (Wildman–Crippen LogP) is 1.80. The lowest BCUT2D eigenvalue weighted by Gasteiger charge is -2.47. The van der Waals surface area contributed by atoms with E-state index in [1.807, 2.05) is 19.1 Å². The number of rotatable bonds is 3. The van der Waals surface area contributed by atoms with Crippen molar-refractivity contribution in [2.45, 2.75) is 69.7 Å². The van der Waals surface area contributed by atoms with Crippen LogP contribution in [-0.4, -0.2) is 50.6 Å². The molecule has 5 atom stereocenters. The highest BCUT2D eigenvalue weighted by molar-refractivity contribution is 5.89. The van der Waals surface area contributed by atoms with Crippen LogP contribution in [-0.2, 0) is 4.79 Å². The Morgan fingerprint density at radius 2 is 1.96 bits per heavy atom. The van der Waals surface area contributed by atoms with Crippen molar-refractivity contribution in [3.8, 4) is 0 Å². The van der Waals surface area contributed by atoms with E-state index in [1.54, 1.807) is 0 Å². The molecule has 0 aromatic heterocycles. The molecule has 0 aromatic rings. The summed E-state index contributed by atoms with van der Waals surface area (Å²) in [6.07, 6.45) is 6.92. The fourth-order valence-corrected chi connectivity index (χ4v) is 5.30. The summed E-state index contributed by atoms with van der Waals surface area (Å²) in [5, 5.41) is 40.6. The molecule has 5 nitrogen and oxygen atoms in total. The zero-order chi connectivity index (χ0) is 19.1. The van der Waals surface area contributed by atoms with Crippen LogP contribution in [0.15, 0.2) is 35.5 Å². The molecule has 3 fully saturated rings. The highest BCUT2D eigenvalue weighted by Gasteiger charge is 2.62. The molecular weight excluding hydrogens is 332 g/mol. The molecule has 0 bridgehead atoms. The van der Waals surface area contributed by atoms with Crippen LogP contribution in [0.3, 0.4) is 0 Å². The Bertz CT molecular complexity index is 663. The number of carbonyl (C=O) groups excluding carboxylic acids is 1. The summed E-state index contributed by atoms with van der Waals surface area (Å²) in [7, 11) is 0. The number of hydrogen-bond donors (Lipinski definition) is 4. The zero-order valence-electron chi connectivity index (χ0n) is 15.4. The first kappa shape index (κ1) is 19.5. The van der Waals surface area contributed by atoms with E-state index in [2.05, 4.69) is 6.58 Å². The summed E-state index contributed by atoms with van der Waals surface area (Å²) in [5.41, 5.74) is 0.707. The van der Waals surface area contributed by atoms with E-state index in [0.717, 1.165) is 29.6 Å². The van der Waals surface area contributed by atoms with Crippen molar-refractivity contribution in [2.24, 2.45) is 11.3 Å². The van der Waals surface area contributed by atoms with Crippen LogP contribution in [0.5, 0.6) is 0 Å². The van der Waals surface area contributed by atoms with E-state index in [1.165, 1.54) is 0 Å². The second kappa shape index (κ2) is 7.04. The first-order valence-electron chi connectivity index (χ1n) is 9.51. The van der Waals surface area contributed by atoms with Gasteiger partial charge in [-0.05, 0) is 56.4 Å². The van der Waals surface area contributed by atoms with E-state index in [9.17, 15) is 25.2 Å². The van der Waals surface area contributed by atoms with Crippen molar-refractivity contribution in [3.63, 3.8) is 0 Å². The predicted molar refractivity (Wildman–Crippen MR) is 98.3 cm³/mol. The van der Waals surface area contributed by atoms with Crippen molar-refractivity contribution < 1.29 is 25.2 Å². The van der Waals surface area contributed by atoms with Gasteiger partial charge in [0.05, 0.1) is 12.2 Å². The molecule has 0 radical (unpaired) electrons. The standard InChI is InChI=1S/C21H30O5/c1-13-3-6-16(23)9-14(13)4-5-15-10-17(24)11-20(2)18(15)7-8-21(20,26)19(25)12-22/h4-5,16-18,22-24,26H,1,3,6-12H2,2H3/t16-,17-,18+,20+,21-/m1/s1. The molecule has 5 heteroatoms. The van der Waals surface area contributed by atoms with E-state index < -0.39 is 29.5 Å². The van der Waals surface area contributed by atoms with Crippen LogP contribution in [0.2, 0.25) is 0 Å². The number of carbonyl (C=O) groups is 1. The van der Waals surface area contributed by atoms with Crippen molar-refractivity contribution in [1.29, 1.82) is 0 Å². The van der Waals surface area contributed by atoms with Crippen LogP contribution < -0.4 is 0 Å². The second-order valence-corrected chi connectivity index (χ2v) is 8.45. The maximum atomic E-state index is 12.2. The largest absolute Gasteiger partial charge is 0.393 e. The Hall–Kier alpha value is -1.27. The minimum atomic E-state index is -1.59. The Morgan fingerprint density at radius 1 is 1.23 bits per heavy atom. The van der Waals surface area contributed by atoms with Gasteiger partial charge in [-0.3, -0.25) is 4.79 Å². The van der Waals surface area contributed by atoms with Gasteiger partial charge in [-0.2, -0.15) is 0 Å². The Morgan fingerprint density at radius 3 is 2.65 bits per heavy atom. The first-order chi connectivity index (χ1) is 12.2. The van der Waals surface area contributed by atoms with Crippen LogP contribution in [0, 0.1) is 11.3 Å². The van der Waals surface area contributed by atoms with Gasteiger partial charge in [0.25, 0.3) is 0 Å². The topological polar surface area (TPSA) is 98.0 Å². The molecule has 0 aliphatic heterocycles. The Labute approximate surface area is 154 Å². The number of Topliss-reactive ketones (excluding diaryl/α,β-unsaturated/α-hetero) is 1. The molecule has 0 amide bonds. The normalized spacial score (nSPS) is 43.7. The van der Waals surface area contributed by atoms with Crippen molar-refractivity contribution in [1.82, 2.24) is 0 Å². The Kier molecular flexibility index (Phi) is 5.28. The number of aliphatic hydroxyl groups is 4. The summed E-state index contributed by atoms with van der Waals surface area (Å²) in [6, 6.07) is 0. The van der Waals surface area contributed by atoms with Crippen molar-refractivity contribution >= 4 is 5.78 Å². The maximum absolute atomic E-state index is 12.2. The molecule has 144 valence electrons. The minimum Gasteiger partial charge on any atom is -0.393 e. The lowest BCUT2D eigenvalue weighted by Crippen LogP contribution is -2.55. The molecule has 0 aromatic carbocycles. The molecule has 4 N–H and O–H groups in total. The molecule has 0 heterocycles. The third kappa shape index (κ3) is 3.11. The number of allylic oxidation sites excluding steroid dienone is 3. The summed E-state index contributed by atoms with van der Waals surface area (Å²) in [5.74, 6) is -0.567. The summed E-state index contributed by atoms with van der Waals surface area (Å²) < 4.78 is 0. The second-order valence-electron chi connectivity index (χ2n) is 8.45. The van der Waals surface area contributed by atoms with Gasteiger partial charge in [-0.25, -0.2) is 0 Å². The number of aliphatic hydroxyl groups excluding tert-OH is 3. The highest BCUT2D eigenvalue weighted by Crippen LogP contribution is 2.59. The molecule has 3 saturated carbocycles. The highest BCUT2D eigenvalue weighted by atomic mass is 16.3. The quantitative estimate of drug-likeness (QED) is 0.614. The van der Waals surface area contributed by atoms with Crippen LogP contribution in [0.4, 0.5) is 0 Å². The zero-order valence-corrected chi connectivity index (χ0v) is 15.4. The van der Waals surface area contributed by atoms with Crippen LogP contribution >= 0.6 is 0 Å². The molecule has 26 heavy (non-hydrogen) atoms. The number of hydrogen-bond acceptors (Lipinski definition) is 5. The van der Waals surface area contributed by atoms with Gasteiger partial charge in [0, 0.05) is 5.41 Å². The summed E-state index contributed by atoms with van der Waals surface area (Å²) in [6.45, 7) is 5.24. The van der Waals surface area contributed by atoms with Crippen LogP contribution in [0.1, 0.15) is 51.9 Å². The van der Waals surface area contributed by atoms with Gasteiger partial charge in [0.15, 0.2) is 5.78 Å². The maximum Gasteiger partial charge on any atom is 0.190 e. The summed E-state index contributed by atoms with van der Waals surface area (Å²) >= 11 is 0. The lowest BCUT2D eigenvalue weighted by atomic mass is 9.60. The van der Waals surface area contributed by atoms with E-state index in [0.29, 0.717) is 32.1 Å². The van der Waals surface area contributed by atoms with E-state index >= 15 is 0 Å². The monoisotopic (exact) mass is 362 g/mol. The third-order valence-corrected chi connectivity index (χ3v) is 6.88. The minimum absolute atomic E-state index is 0.00923. The smallest absolute Gasteiger partial charge is 0.190 e. The van der Waals surface area contributed by atoms with Gasteiger partial charge in [0.1, 0.15) is 12.2 Å². The molecule has 0 saturated heterocycles. The molecule has 3 aliphatic carbocycles. The molecule has 0 spiro atoms. The van der Waals surface area contributed by atoms with Crippen LogP contribution in [0.25, 0.3) is 0 Å². The first-order valence-corrected chi connectivity index (χ1v) is 9.51. The number of fused-ring (bicyclic) bond motifs is 1. The molecule has 0 unspecified atom stereocenters. The van der Waals surface area contributed by atoms with Crippen molar-refractivity contribution in [3.05, 3.63) is 35.5 Å². The fraction of sp³-hybridized carbons (Fsp3) is 0.667. The van der Waals surface area contributed by atoms with Gasteiger partial charge in [-0.15, -0.1) is 0 Å². The average molecular weight is 362 g/mol. The van der Waals surface area contributed by atoms with E-state index in [-0.39, 0.29) is 12.0 Å². The van der Waals surface area contributed by atoms with E-state index in [4.69, 9.17) is 0 Å². The third-order valence-electron chi connectivity index (χ3n) is 6.88. The summed E-state index contributed by atoms with van der Waals surface area (Å²) in [4.78, 5) is 12.2. The molecule has 3 rings (SSSR count). The van der Waals surface area contributed by atoms with Crippen molar-refractivity contribution in [2.75, 3.05) is 6.61 Å². The van der Waals surface area contributed by atoms with Gasteiger partial charge < -0.3 is 20.4 Å². The average Bonchev–Trinajstić information content (AvgIpc) is 2.86. The molecular formula is C21H30O5. The Balaban J connectivity index is 1.92. The van der Waals surface area contributed by atoms with Gasteiger partial charge >= 0.3 is 0 Å². The fourth-order valence-electron chi connectivity index (χ4n) is 5.30. The van der Waals surface area contributed by atoms with Gasteiger partial charge in [0.2, 0.25) is 0 Å². The molecule has 3 aliphatic rings. The van der Waals surface area contributed by atoms with Gasteiger partial charge in [-0.1, -0.05) is 36.8 Å². The number of ketones is 1.